The van der Waals surface area contributed by atoms with Gasteiger partial charge in [-0.25, -0.2) is 0 Å². The highest BCUT2D eigenvalue weighted by Gasteiger charge is 2.23. The summed E-state index contributed by atoms with van der Waals surface area (Å²) >= 11 is 3.38. The quantitative estimate of drug-likeness (QED) is 0.881. The van der Waals surface area contributed by atoms with Crippen LogP contribution < -0.4 is 5.32 Å². The first kappa shape index (κ1) is 15.7. The van der Waals surface area contributed by atoms with E-state index in [0.29, 0.717) is 13.0 Å². The maximum absolute atomic E-state index is 12.1. The molecule has 2 aromatic heterocycles. The van der Waals surface area contributed by atoms with Crippen molar-refractivity contribution in [3.8, 4) is 0 Å². The fraction of sp³-hybridized carbons (Fsp3) is 0.438. The van der Waals surface area contributed by atoms with Gasteiger partial charge < -0.3 is 10.1 Å². The van der Waals surface area contributed by atoms with Crippen molar-refractivity contribution >= 4 is 28.6 Å². The van der Waals surface area contributed by atoms with Crippen molar-refractivity contribution < 1.29 is 9.53 Å². The fourth-order valence-corrected chi connectivity index (χ4v) is 4.19. The first-order valence-electron chi connectivity index (χ1n) is 7.47. The van der Waals surface area contributed by atoms with E-state index in [1.807, 2.05) is 17.5 Å². The van der Waals surface area contributed by atoms with Gasteiger partial charge >= 0.3 is 0 Å². The Morgan fingerprint density at radius 3 is 2.68 bits per heavy atom. The molecule has 0 radical (unpaired) electrons. The minimum absolute atomic E-state index is 0.0947. The fourth-order valence-electron chi connectivity index (χ4n) is 2.62. The molecule has 0 spiro atoms. The van der Waals surface area contributed by atoms with Crippen LogP contribution in [0.4, 0.5) is 0 Å². The van der Waals surface area contributed by atoms with Crippen molar-refractivity contribution in [2.45, 2.75) is 12.5 Å². The van der Waals surface area contributed by atoms with E-state index < -0.39 is 0 Å². The summed E-state index contributed by atoms with van der Waals surface area (Å²) in [6.07, 6.45) is 0.470. The van der Waals surface area contributed by atoms with E-state index in [1.165, 1.54) is 4.88 Å². The van der Waals surface area contributed by atoms with Crippen LogP contribution in [-0.2, 0) is 16.0 Å². The Hall–Kier alpha value is -1.21. The number of hydrogen-bond donors (Lipinski definition) is 1. The van der Waals surface area contributed by atoms with Crippen molar-refractivity contribution in [1.29, 1.82) is 0 Å². The predicted octanol–water partition coefficient (Wildman–Crippen LogP) is 2.54. The van der Waals surface area contributed by atoms with Crippen LogP contribution in [0.2, 0.25) is 0 Å². The van der Waals surface area contributed by atoms with Crippen molar-refractivity contribution in [2.24, 2.45) is 0 Å². The summed E-state index contributed by atoms with van der Waals surface area (Å²) in [5.74, 6) is 0.0947. The molecular weight excluding hydrogens is 316 g/mol. The molecule has 1 amide bonds. The number of ether oxygens (including phenoxy) is 1. The van der Waals surface area contributed by atoms with E-state index in [-0.39, 0.29) is 11.9 Å². The Kier molecular flexibility index (Phi) is 5.61. The number of amides is 1. The Morgan fingerprint density at radius 2 is 2.00 bits per heavy atom. The van der Waals surface area contributed by atoms with Crippen molar-refractivity contribution in [3.05, 3.63) is 44.8 Å². The van der Waals surface area contributed by atoms with Gasteiger partial charge in [0.2, 0.25) is 5.91 Å². The van der Waals surface area contributed by atoms with Crippen molar-refractivity contribution in [3.63, 3.8) is 0 Å². The molecule has 1 aliphatic heterocycles. The van der Waals surface area contributed by atoms with Gasteiger partial charge in [0.25, 0.3) is 0 Å². The van der Waals surface area contributed by atoms with Crippen LogP contribution in [0.5, 0.6) is 0 Å². The molecule has 1 saturated heterocycles. The molecule has 0 aromatic carbocycles. The number of nitrogens with zero attached hydrogens (tertiary/aromatic N) is 1. The van der Waals surface area contributed by atoms with E-state index in [9.17, 15) is 4.79 Å². The van der Waals surface area contributed by atoms with Crippen LogP contribution in [0.15, 0.2) is 35.0 Å². The van der Waals surface area contributed by atoms with Gasteiger partial charge in [0, 0.05) is 29.4 Å². The number of nitrogens with one attached hydrogen (secondary N) is 1. The molecule has 0 saturated carbocycles. The molecule has 4 nitrogen and oxygen atoms in total. The third-order valence-corrected chi connectivity index (χ3v) is 5.62. The van der Waals surface area contributed by atoms with Crippen molar-refractivity contribution in [2.75, 3.05) is 32.8 Å². The first-order chi connectivity index (χ1) is 10.8. The average molecular weight is 336 g/mol. The van der Waals surface area contributed by atoms with Gasteiger partial charge in [-0.05, 0) is 22.9 Å². The summed E-state index contributed by atoms with van der Waals surface area (Å²) in [5, 5.41) is 7.20. The van der Waals surface area contributed by atoms with E-state index in [1.54, 1.807) is 22.7 Å². The Bertz CT molecular complexity index is 563. The SMILES string of the molecule is O=C(Cc1cccs1)NCC(c1cccs1)N1CCOCC1. The number of rotatable bonds is 6. The average Bonchev–Trinajstić information content (AvgIpc) is 3.22. The van der Waals surface area contributed by atoms with Gasteiger partial charge in [0.05, 0.1) is 25.7 Å². The molecule has 0 bridgehead atoms. The lowest BCUT2D eigenvalue weighted by molar-refractivity contribution is -0.120. The van der Waals surface area contributed by atoms with E-state index in [2.05, 4.69) is 27.7 Å². The summed E-state index contributed by atoms with van der Waals surface area (Å²) in [6, 6.07) is 8.45. The molecule has 6 heteroatoms. The lowest BCUT2D eigenvalue weighted by atomic mass is 10.2. The lowest BCUT2D eigenvalue weighted by Gasteiger charge is -2.34. The Balaban J connectivity index is 1.59. The van der Waals surface area contributed by atoms with Crippen LogP contribution in [0, 0.1) is 0 Å². The summed E-state index contributed by atoms with van der Waals surface area (Å²) in [7, 11) is 0. The zero-order chi connectivity index (χ0) is 15.2. The zero-order valence-corrected chi connectivity index (χ0v) is 14.0. The molecular formula is C16H20N2O2S2. The zero-order valence-electron chi connectivity index (χ0n) is 12.4. The summed E-state index contributed by atoms with van der Waals surface area (Å²) in [6.45, 7) is 4.04. The highest BCUT2D eigenvalue weighted by atomic mass is 32.1. The number of morpholine rings is 1. The van der Waals surface area contributed by atoms with Gasteiger partial charge in [0.15, 0.2) is 0 Å². The maximum atomic E-state index is 12.1. The van der Waals surface area contributed by atoms with Crippen molar-refractivity contribution in [1.82, 2.24) is 10.2 Å². The van der Waals surface area contributed by atoms with Crippen LogP contribution in [0.3, 0.4) is 0 Å². The smallest absolute Gasteiger partial charge is 0.225 e. The molecule has 1 unspecified atom stereocenters. The van der Waals surface area contributed by atoms with Gasteiger partial charge in [-0.1, -0.05) is 12.1 Å². The van der Waals surface area contributed by atoms with E-state index in [4.69, 9.17) is 4.74 Å². The van der Waals surface area contributed by atoms with Crippen LogP contribution in [-0.4, -0.2) is 43.7 Å². The molecule has 3 heterocycles. The third kappa shape index (κ3) is 4.16. The van der Waals surface area contributed by atoms with Crippen LogP contribution >= 0.6 is 22.7 Å². The predicted molar refractivity (Wildman–Crippen MR) is 90.5 cm³/mol. The van der Waals surface area contributed by atoms with Gasteiger partial charge in [0.1, 0.15) is 0 Å². The van der Waals surface area contributed by atoms with E-state index in [0.717, 1.165) is 31.2 Å². The van der Waals surface area contributed by atoms with Gasteiger partial charge in [-0.2, -0.15) is 0 Å². The lowest BCUT2D eigenvalue weighted by Crippen LogP contribution is -2.43. The number of hydrogen-bond acceptors (Lipinski definition) is 5. The first-order valence-corrected chi connectivity index (χ1v) is 9.23. The second kappa shape index (κ2) is 7.87. The number of carbonyl (C=O) groups is 1. The second-order valence-electron chi connectivity index (χ2n) is 5.24. The monoisotopic (exact) mass is 336 g/mol. The number of thiophene rings is 2. The summed E-state index contributed by atoms with van der Waals surface area (Å²) in [5.41, 5.74) is 0. The van der Waals surface area contributed by atoms with Crippen LogP contribution in [0.25, 0.3) is 0 Å². The summed E-state index contributed by atoms with van der Waals surface area (Å²) in [4.78, 5) is 16.9. The maximum Gasteiger partial charge on any atom is 0.225 e. The van der Waals surface area contributed by atoms with Crippen LogP contribution in [0.1, 0.15) is 15.8 Å². The minimum atomic E-state index is 0.0947. The van der Waals surface area contributed by atoms with Gasteiger partial charge in [-0.3, -0.25) is 9.69 Å². The highest BCUT2D eigenvalue weighted by Crippen LogP contribution is 2.25. The van der Waals surface area contributed by atoms with Gasteiger partial charge in [-0.15, -0.1) is 22.7 Å². The minimum Gasteiger partial charge on any atom is -0.379 e. The molecule has 0 aliphatic carbocycles. The molecule has 1 aliphatic rings. The van der Waals surface area contributed by atoms with E-state index >= 15 is 0 Å². The molecule has 2 aromatic rings. The molecule has 22 heavy (non-hydrogen) atoms. The third-order valence-electron chi connectivity index (χ3n) is 3.77. The Labute approximate surface area is 138 Å². The molecule has 118 valence electrons. The topological polar surface area (TPSA) is 41.6 Å². The standard InChI is InChI=1S/C16H20N2O2S2/c19-16(11-13-3-1-9-21-13)17-12-14(15-4-2-10-22-15)18-5-7-20-8-6-18/h1-4,9-10,14H,5-8,11-12H2,(H,17,19). The second-order valence-corrected chi connectivity index (χ2v) is 7.25. The Morgan fingerprint density at radius 1 is 1.23 bits per heavy atom. The highest BCUT2D eigenvalue weighted by molar-refractivity contribution is 7.10. The summed E-state index contributed by atoms with van der Waals surface area (Å²) < 4.78 is 5.44. The normalized spacial score (nSPS) is 17.3. The molecule has 1 atom stereocenters. The number of carbonyl (C=O) groups excluding carboxylic acids is 1. The molecule has 3 rings (SSSR count). The molecule has 1 N–H and O–H groups in total. The molecule has 1 fully saturated rings. The largest absolute Gasteiger partial charge is 0.379 e.